The standard InChI is InChI=1S/C22H31N5O3S/c1-3-4-15-5-7-17-18(13-15)31-22(24-17)25-19(28)8-6-16-14(2)23-21(26-20(16)29)27-9-11-30-12-10-27/h15H,3-13H2,1-2H3,(H,23,26,29)(H,24,25,28). The van der Waals surface area contributed by atoms with Gasteiger partial charge in [0.15, 0.2) is 5.13 Å². The largest absolute Gasteiger partial charge is 0.378 e. The smallest absolute Gasteiger partial charge is 0.255 e. The summed E-state index contributed by atoms with van der Waals surface area (Å²) in [5.41, 5.74) is 2.20. The number of nitrogens with one attached hydrogen (secondary N) is 2. The van der Waals surface area contributed by atoms with Crippen LogP contribution in [-0.4, -0.2) is 47.2 Å². The topological polar surface area (TPSA) is 100 Å². The molecule has 3 heterocycles. The normalized spacial score (nSPS) is 18.6. The molecule has 2 aliphatic rings. The molecular weight excluding hydrogens is 414 g/mol. The van der Waals surface area contributed by atoms with Crippen molar-refractivity contribution in [2.45, 2.75) is 58.8 Å². The number of aromatic amines is 1. The molecule has 1 atom stereocenters. The van der Waals surface area contributed by atoms with Gasteiger partial charge in [0, 0.05) is 35.6 Å². The highest BCUT2D eigenvalue weighted by Gasteiger charge is 2.23. The van der Waals surface area contributed by atoms with Gasteiger partial charge in [-0.3, -0.25) is 14.6 Å². The van der Waals surface area contributed by atoms with E-state index >= 15 is 0 Å². The third-order valence-corrected chi connectivity index (χ3v) is 7.14. The van der Waals surface area contributed by atoms with Crippen molar-refractivity contribution in [3.63, 3.8) is 0 Å². The number of amides is 1. The fourth-order valence-electron chi connectivity index (χ4n) is 4.39. The Morgan fingerprint density at radius 1 is 1.32 bits per heavy atom. The van der Waals surface area contributed by atoms with E-state index in [1.54, 1.807) is 11.3 Å². The number of fused-ring (bicyclic) bond motifs is 1. The summed E-state index contributed by atoms with van der Waals surface area (Å²) in [6.07, 6.45) is 6.31. The molecule has 4 rings (SSSR count). The number of rotatable bonds is 7. The molecule has 2 aromatic heterocycles. The van der Waals surface area contributed by atoms with E-state index in [1.165, 1.54) is 24.1 Å². The van der Waals surface area contributed by atoms with Crippen molar-refractivity contribution in [3.8, 4) is 0 Å². The minimum atomic E-state index is -0.173. The summed E-state index contributed by atoms with van der Waals surface area (Å²) in [5, 5.41) is 3.61. The van der Waals surface area contributed by atoms with Crippen LogP contribution in [0.1, 0.15) is 54.4 Å². The Bertz CT molecular complexity index is 980. The fourth-order valence-corrected chi connectivity index (χ4v) is 5.53. The van der Waals surface area contributed by atoms with Gasteiger partial charge in [-0.15, -0.1) is 11.3 Å². The van der Waals surface area contributed by atoms with E-state index in [4.69, 9.17) is 4.74 Å². The molecule has 2 aromatic rings. The number of thiazole rings is 1. The average Bonchev–Trinajstić information content (AvgIpc) is 3.15. The zero-order chi connectivity index (χ0) is 21.8. The van der Waals surface area contributed by atoms with Gasteiger partial charge in [-0.05, 0) is 38.5 Å². The molecule has 31 heavy (non-hydrogen) atoms. The summed E-state index contributed by atoms with van der Waals surface area (Å²) in [6, 6.07) is 0. The first-order valence-electron chi connectivity index (χ1n) is 11.2. The predicted octanol–water partition coefficient (Wildman–Crippen LogP) is 2.85. The third kappa shape index (κ3) is 5.33. The van der Waals surface area contributed by atoms with Crippen LogP contribution in [0.4, 0.5) is 11.1 Å². The van der Waals surface area contributed by atoms with Crippen molar-refractivity contribution < 1.29 is 9.53 Å². The highest BCUT2D eigenvalue weighted by Crippen LogP contribution is 2.34. The van der Waals surface area contributed by atoms with Crippen LogP contribution in [0.5, 0.6) is 0 Å². The number of anilines is 2. The number of morpholine rings is 1. The van der Waals surface area contributed by atoms with Crippen LogP contribution in [0.2, 0.25) is 0 Å². The molecule has 0 radical (unpaired) electrons. The van der Waals surface area contributed by atoms with E-state index in [0.29, 0.717) is 55.1 Å². The molecule has 9 heteroatoms. The van der Waals surface area contributed by atoms with Gasteiger partial charge in [-0.2, -0.15) is 0 Å². The van der Waals surface area contributed by atoms with Gasteiger partial charge in [-0.25, -0.2) is 9.97 Å². The lowest BCUT2D eigenvalue weighted by Crippen LogP contribution is -2.38. The Morgan fingerprint density at radius 3 is 2.87 bits per heavy atom. The zero-order valence-corrected chi connectivity index (χ0v) is 19.1. The molecule has 168 valence electrons. The fraction of sp³-hybridized carbons (Fsp3) is 0.636. The Kier molecular flexibility index (Phi) is 7.02. The van der Waals surface area contributed by atoms with Gasteiger partial charge >= 0.3 is 0 Å². The number of carbonyl (C=O) groups excluding carboxylic acids is 1. The van der Waals surface area contributed by atoms with E-state index in [-0.39, 0.29) is 17.9 Å². The molecule has 1 unspecified atom stereocenters. The van der Waals surface area contributed by atoms with Crippen LogP contribution in [0.25, 0.3) is 0 Å². The second kappa shape index (κ2) is 9.91. The molecule has 1 aliphatic carbocycles. The summed E-state index contributed by atoms with van der Waals surface area (Å²) in [6.45, 7) is 6.73. The number of hydrogen-bond donors (Lipinski definition) is 2. The number of H-pyrrole nitrogens is 1. The van der Waals surface area contributed by atoms with Crippen molar-refractivity contribution in [1.29, 1.82) is 0 Å². The Balaban J connectivity index is 1.34. The number of aromatic nitrogens is 3. The molecule has 1 fully saturated rings. The van der Waals surface area contributed by atoms with Crippen molar-refractivity contribution in [1.82, 2.24) is 15.0 Å². The molecule has 1 aliphatic heterocycles. The van der Waals surface area contributed by atoms with E-state index < -0.39 is 0 Å². The average molecular weight is 446 g/mol. The monoisotopic (exact) mass is 445 g/mol. The molecule has 1 saturated heterocycles. The predicted molar refractivity (Wildman–Crippen MR) is 122 cm³/mol. The van der Waals surface area contributed by atoms with Crippen molar-refractivity contribution in [2.24, 2.45) is 5.92 Å². The summed E-state index contributed by atoms with van der Waals surface area (Å²) in [4.78, 5) is 40.5. The van der Waals surface area contributed by atoms with Crippen molar-refractivity contribution in [3.05, 3.63) is 32.2 Å². The maximum Gasteiger partial charge on any atom is 0.255 e. The first-order valence-corrected chi connectivity index (χ1v) is 12.1. The zero-order valence-electron chi connectivity index (χ0n) is 18.3. The Hall–Kier alpha value is -2.26. The maximum atomic E-state index is 12.6. The van der Waals surface area contributed by atoms with Gasteiger partial charge in [0.1, 0.15) is 0 Å². The molecule has 0 spiro atoms. The first kappa shape index (κ1) is 22.0. The van der Waals surface area contributed by atoms with Crippen LogP contribution in [0, 0.1) is 12.8 Å². The van der Waals surface area contributed by atoms with E-state index in [0.717, 1.165) is 24.5 Å². The SMILES string of the molecule is CCCC1CCc2nc(NC(=O)CCc3c(C)nc(N4CCOCC4)[nH]c3=O)sc2C1. The van der Waals surface area contributed by atoms with Crippen molar-refractivity contribution >= 4 is 28.3 Å². The van der Waals surface area contributed by atoms with Crippen LogP contribution in [-0.2, 0) is 28.8 Å². The van der Waals surface area contributed by atoms with Crippen LogP contribution < -0.4 is 15.8 Å². The Morgan fingerprint density at radius 2 is 2.13 bits per heavy atom. The second-order valence-corrected chi connectivity index (χ2v) is 9.47. The molecule has 1 amide bonds. The van der Waals surface area contributed by atoms with Gasteiger partial charge in [0.05, 0.1) is 18.9 Å². The summed E-state index contributed by atoms with van der Waals surface area (Å²) in [7, 11) is 0. The molecular formula is C22H31N5O3S. The minimum absolute atomic E-state index is 0.118. The summed E-state index contributed by atoms with van der Waals surface area (Å²) in [5.74, 6) is 1.20. The highest BCUT2D eigenvalue weighted by molar-refractivity contribution is 7.15. The number of aryl methyl sites for hydroxylation is 2. The number of ether oxygens (including phenoxy) is 1. The number of carbonyl (C=O) groups is 1. The lowest BCUT2D eigenvalue weighted by molar-refractivity contribution is -0.116. The lowest BCUT2D eigenvalue weighted by Gasteiger charge is -2.27. The van der Waals surface area contributed by atoms with Crippen LogP contribution in [0.3, 0.4) is 0 Å². The van der Waals surface area contributed by atoms with Gasteiger partial charge in [-0.1, -0.05) is 19.8 Å². The minimum Gasteiger partial charge on any atom is -0.378 e. The molecule has 8 nitrogen and oxygen atoms in total. The number of nitrogens with zero attached hydrogens (tertiary/aromatic N) is 3. The first-order chi connectivity index (χ1) is 15.0. The van der Waals surface area contributed by atoms with Gasteiger partial charge < -0.3 is 15.0 Å². The maximum absolute atomic E-state index is 12.6. The Labute approximate surface area is 186 Å². The second-order valence-electron chi connectivity index (χ2n) is 8.39. The van der Waals surface area contributed by atoms with E-state index in [9.17, 15) is 9.59 Å². The van der Waals surface area contributed by atoms with Gasteiger partial charge in [0.2, 0.25) is 11.9 Å². The third-order valence-electron chi connectivity index (χ3n) is 6.11. The molecule has 0 bridgehead atoms. The van der Waals surface area contributed by atoms with E-state index in [2.05, 4.69) is 27.2 Å². The summed E-state index contributed by atoms with van der Waals surface area (Å²) < 4.78 is 5.35. The van der Waals surface area contributed by atoms with Crippen LogP contribution >= 0.6 is 11.3 Å². The van der Waals surface area contributed by atoms with Crippen molar-refractivity contribution in [2.75, 3.05) is 36.5 Å². The van der Waals surface area contributed by atoms with Gasteiger partial charge in [0.25, 0.3) is 5.56 Å². The molecule has 0 aromatic carbocycles. The lowest BCUT2D eigenvalue weighted by atomic mass is 9.88. The van der Waals surface area contributed by atoms with E-state index in [1.807, 2.05) is 11.8 Å². The molecule has 0 saturated carbocycles. The molecule has 2 N–H and O–H groups in total. The summed E-state index contributed by atoms with van der Waals surface area (Å²) >= 11 is 1.60. The number of hydrogen-bond acceptors (Lipinski definition) is 7. The quantitative estimate of drug-likeness (QED) is 0.680. The highest BCUT2D eigenvalue weighted by atomic mass is 32.1. The van der Waals surface area contributed by atoms with Crippen LogP contribution in [0.15, 0.2) is 4.79 Å².